The number of fused-ring (bicyclic) bond motifs is 1. The summed E-state index contributed by atoms with van der Waals surface area (Å²) in [5.74, 6) is 6.06. The highest BCUT2D eigenvalue weighted by Gasteiger charge is 2.19. The fraction of sp³-hybridized carbons (Fsp3) is 0.538. The molecule has 4 heteroatoms. The lowest BCUT2D eigenvalue weighted by Crippen LogP contribution is -2.12. The SMILES string of the molecule is COc1c(Br)cc2c(c1CCON)CCCC2. The first kappa shape index (κ1) is 12.9. The first-order chi connectivity index (χ1) is 8.27. The molecule has 1 aliphatic carbocycles. The number of ether oxygens (including phenoxy) is 1. The molecule has 0 saturated heterocycles. The minimum Gasteiger partial charge on any atom is -0.495 e. The van der Waals surface area contributed by atoms with Gasteiger partial charge in [-0.25, -0.2) is 5.90 Å². The highest BCUT2D eigenvalue weighted by Crippen LogP contribution is 2.37. The van der Waals surface area contributed by atoms with Crippen LogP contribution in [0.2, 0.25) is 0 Å². The van der Waals surface area contributed by atoms with Crippen LogP contribution in [0.1, 0.15) is 29.5 Å². The largest absolute Gasteiger partial charge is 0.495 e. The van der Waals surface area contributed by atoms with E-state index >= 15 is 0 Å². The van der Waals surface area contributed by atoms with Gasteiger partial charge in [0, 0.05) is 12.0 Å². The van der Waals surface area contributed by atoms with Crippen LogP contribution < -0.4 is 10.6 Å². The molecule has 1 aromatic rings. The normalized spacial score (nSPS) is 14.5. The molecule has 0 heterocycles. The molecule has 0 saturated carbocycles. The van der Waals surface area contributed by atoms with Crippen molar-refractivity contribution in [3.8, 4) is 5.75 Å². The number of halogens is 1. The van der Waals surface area contributed by atoms with Gasteiger partial charge in [0.05, 0.1) is 18.2 Å². The van der Waals surface area contributed by atoms with E-state index in [1.165, 1.54) is 29.5 Å². The second kappa shape index (κ2) is 5.85. The lowest BCUT2D eigenvalue weighted by atomic mass is 9.87. The van der Waals surface area contributed by atoms with Gasteiger partial charge in [-0.2, -0.15) is 0 Å². The Bertz CT molecular complexity index is 407. The standard InChI is InChI=1S/C13H18BrNO2/c1-16-13-11(6-7-17-15)10-5-3-2-4-9(10)8-12(13)14/h8H,2-7,15H2,1H3. The summed E-state index contributed by atoms with van der Waals surface area (Å²) in [6, 6.07) is 2.19. The van der Waals surface area contributed by atoms with Crippen molar-refractivity contribution in [3.05, 3.63) is 27.2 Å². The molecule has 94 valence electrons. The molecule has 1 aromatic carbocycles. The van der Waals surface area contributed by atoms with Gasteiger partial charge in [0.2, 0.25) is 0 Å². The van der Waals surface area contributed by atoms with E-state index in [0.717, 1.165) is 29.5 Å². The maximum atomic E-state index is 5.50. The average molecular weight is 300 g/mol. The number of rotatable bonds is 4. The Hall–Kier alpha value is -0.580. The van der Waals surface area contributed by atoms with Crippen molar-refractivity contribution < 1.29 is 9.57 Å². The van der Waals surface area contributed by atoms with Crippen LogP contribution in [0.5, 0.6) is 5.75 Å². The van der Waals surface area contributed by atoms with Crippen molar-refractivity contribution in [1.82, 2.24) is 0 Å². The summed E-state index contributed by atoms with van der Waals surface area (Å²) in [4.78, 5) is 4.71. The van der Waals surface area contributed by atoms with E-state index in [1.54, 1.807) is 7.11 Å². The van der Waals surface area contributed by atoms with Gasteiger partial charge in [-0.05, 0) is 58.8 Å². The maximum absolute atomic E-state index is 5.50. The summed E-state index contributed by atoms with van der Waals surface area (Å²) in [6.45, 7) is 0.527. The molecule has 0 fully saturated rings. The Morgan fingerprint density at radius 1 is 1.35 bits per heavy atom. The molecule has 2 N–H and O–H groups in total. The van der Waals surface area contributed by atoms with Gasteiger partial charge in [0.25, 0.3) is 0 Å². The molecule has 2 rings (SSSR count). The van der Waals surface area contributed by atoms with Gasteiger partial charge < -0.3 is 9.57 Å². The lowest BCUT2D eigenvalue weighted by molar-refractivity contribution is 0.140. The number of hydrogen-bond acceptors (Lipinski definition) is 3. The lowest BCUT2D eigenvalue weighted by Gasteiger charge is -2.22. The first-order valence-corrected chi connectivity index (χ1v) is 6.76. The zero-order chi connectivity index (χ0) is 12.3. The van der Waals surface area contributed by atoms with E-state index in [4.69, 9.17) is 15.5 Å². The van der Waals surface area contributed by atoms with E-state index in [0.29, 0.717) is 6.61 Å². The minimum atomic E-state index is 0.527. The Morgan fingerprint density at radius 3 is 2.82 bits per heavy atom. The molecule has 0 radical (unpaired) electrons. The summed E-state index contributed by atoms with van der Waals surface area (Å²) in [5.41, 5.74) is 4.13. The maximum Gasteiger partial charge on any atom is 0.136 e. The Labute approximate surface area is 110 Å². The fourth-order valence-corrected chi connectivity index (χ4v) is 3.26. The van der Waals surface area contributed by atoms with Gasteiger partial charge in [-0.15, -0.1) is 0 Å². The zero-order valence-electron chi connectivity index (χ0n) is 10.1. The molecular formula is C13H18BrNO2. The molecule has 0 spiro atoms. The van der Waals surface area contributed by atoms with Crippen LogP contribution in [0.15, 0.2) is 10.5 Å². The molecule has 0 amide bonds. The molecular weight excluding hydrogens is 282 g/mol. The highest BCUT2D eigenvalue weighted by molar-refractivity contribution is 9.10. The topological polar surface area (TPSA) is 44.5 Å². The summed E-state index contributed by atoms with van der Waals surface area (Å²) in [7, 11) is 1.71. The van der Waals surface area contributed by atoms with Crippen molar-refractivity contribution in [2.45, 2.75) is 32.1 Å². The smallest absolute Gasteiger partial charge is 0.136 e. The highest BCUT2D eigenvalue weighted by atomic mass is 79.9. The van der Waals surface area contributed by atoms with E-state index in [-0.39, 0.29) is 0 Å². The van der Waals surface area contributed by atoms with Crippen LogP contribution in [0, 0.1) is 0 Å². The van der Waals surface area contributed by atoms with E-state index in [2.05, 4.69) is 22.0 Å². The van der Waals surface area contributed by atoms with Gasteiger partial charge in [0.15, 0.2) is 0 Å². The number of nitrogens with two attached hydrogens (primary N) is 1. The van der Waals surface area contributed by atoms with Crippen LogP contribution in [0.4, 0.5) is 0 Å². The minimum absolute atomic E-state index is 0.527. The average Bonchev–Trinajstić information content (AvgIpc) is 2.35. The van der Waals surface area contributed by atoms with Gasteiger partial charge in [0.1, 0.15) is 5.75 Å². The van der Waals surface area contributed by atoms with Gasteiger partial charge in [-0.1, -0.05) is 0 Å². The quantitative estimate of drug-likeness (QED) is 0.870. The molecule has 0 bridgehead atoms. The fourth-order valence-electron chi connectivity index (χ4n) is 2.58. The molecule has 0 unspecified atom stereocenters. The van der Waals surface area contributed by atoms with Crippen molar-refractivity contribution in [1.29, 1.82) is 0 Å². The van der Waals surface area contributed by atoms with Crippen molar-refractivity contribution in [2.24, 2.45) is 5.90 Å². The summed E-state index contributed by atoms with van der Waals surface area (Å²) in [6.07, 6.45) is 5.64. The second-order valence-electron chi connectivity index (χ2n) is 4.34. The zero-order valence-corrected chi connectivity index (χ0v) is 11.7. The van der Waals surface area contributed by atoms with Crippen LogP contribution in [0.3, 0.4) is 0 Å². The Balaban J connectivity index is 2.45. The van der Waals surface area contributed by atoms with E-state index < -0.39 is 0 Å². The Morgan fingerprint density at radius 2 is 2.12 bits per heavy atom. The van der Waals surface area contributed by atoms with Crippen LogP contribution >= 0.6 is 15.9 Å². The van der Waals surface area contributed by atoms with Gasteiger partial charge >= 0.3 is 0 Å². The van der Waals surface area contributed by atoms with Crippen LogP contribution in [-0.4, -0.2) is 13.7 Å². The number of hydrogen-bond donors (Lipinski definition) is 1. The molecule has 0 aliphatic heterocycles. The van der Waals surface area contributed by atoms with Gasteiger partial charge in [-0.3, -0.25) is 0 Å². The monoisotopic (exact) mass is 299 g/mol. The predicted molar refractivity (Wildman–Crippen MR) is 71.2 cm³/mol. The molecule has 0 atom stereocenters. The summed E-state index contributed by atoms with van der Waals surface area (Å²) >= 11 is 3.58. The van der Waals surface area contributed by atoms with Crippen molar-refractivity contribution >= 4 is 15.9 Å². The van der Waals surface area contributed by atoms with E-state index in [9.17, 15) is 0 Å². The molecule has 3 nitrogen and oxygen atoms in total. The third-order valence-corrected chi connectivity index (χ3v) is 3.93. The molecule has 0 aromatic heterocycles. The summed E-state index contributed by atoms with van der Waals surface area (Å²) in [5, 5.41) is 0. The molecule has 17 heavy (non-hydrogen) atoms. The van der Waals surface area contributed by atoms with Crippen LogP contribution in [0.25, 0.3) is 0 Å². The van der Waals surface area contributed by atoms with Crippen molar-refractivity contribution in [2.75, 3.05) is 13.7 Å². The second-order valence-corrected chi connectivity index (χ2v) is 5.19. The summed E-state index contributed by atoms with van der Waals surface area (Å²) < 4.78 is 6.53. The number of benzene rings is 1. The number of aryl methyl sites for hydroxylation is 1. The molecule has 1 aliphatic rings. The van der Waals surface area contributed by atoms with E-state index in [1.807, 2.05) is 0 Å². The third kappa shape index (κ3) is 2.64. The third-order valence-electron chi connectivity index (χ3n) is 3.34. The van der Waals surface area contributed by atoms with Crippen LogP contribution in [-0.2, 0) is 24.1 Å². The first-order valence-electron chi connectivity index (χ1n) is 5.96. The van der Waals surface area contributed by atoms with Crippen molar-refractivity contribution in [3.63, 3.8) is 0 Å². The Kier molecular flexibility index (Phi) is 4.42. The number of methoxy groups -OCH3 is 1. The predicted octanol–water partition coefficient (Wildman–Crippen LogP) is 2.77.